The van der Waals surface area contributed by atoms with Gasteiger partial charge in [-0.25, -0.2) is 4.68 Å². The number of Topliss-reactive ketones (excluding diaryl/α,β-unsaturated/α-hetero) is 1. The number of dihydropyridines is 1. The summed E-state index contributed by atoms with van der Waals surface area (Å²) >= 11 is 0. The molecule has 0 aliphatic carbocycles. The summed E-state index contributed by atoms with van der Waals surface area (Å²) in [4.78, 5) is 18.4. The minimum absolute atomic E-state index is 0.0364. The van der Waals surface area contributed by atoms with Crippen molar-refractivity contribution in [3.05, 3.63) is 36.0 Å². The third-order valence-electron chi connectivity index (χ3n) is 4.54. The zero-order chi connectivity index (χ0) is 17.9. The Labute approximate surface area is 151 Å². The average Bonchev–Trinajstić information content (AvgIpc) is 3.14. The van der Waals surface area contributed by atoms with E-state index in [1.54, 1.807) is 24.1 Å². The van der Waals surface area contributed by atoms with Gasteiger partial charge in [-0.1, -0.05) is 6.08 Å². The number of piperidine rings is 1. The third-order valence-corrected chi connectivity index (χ3v) is 4.54. The minimum atomic E-state index is -0.0364. The first-order chi connectivity index (χ1) is 12.7. The van der Waals surface area contributed by atoms with E-state index in [2.05, 4.69) is 21.3 Å². The molecular weight excluding hydrogens is 332 g/mol. The van der Waals surface area contributed by atoms with Crippen LogP contribution in [0.5, 0.6) is 5.88 Å². The standard InChI is InChI=1S/C18H20N6O2/c1-26-18-8-7-16(20-21-18)24-15(14-6-2-3-9-19-14)11-17(22-24)23-10-4-5-13(25)12-23/h2-3,7-9,11,14H,4-6,10,12H2,1H3. The van der Waals surface area contributed by atoms with E-state index in [-0.39, 0.29) is 11.8 Å². The number of methoxy groups -OCH3 is 1. The Balaban J connectivity index is 1.73. The minimum Gasteiger partial charge on any atom is -0.480 e. The van der Waals surface area contributed by atoms with Crippen molar-refractivity contribution in [1.29, 1.82) is 0 Å². The molecule has 8 nitrogen and oxygen atoms in total. The molecule has 2 aliphatic rings. The van der Waals surface area contributed by atoms with Crippen molar-refractivity contribution in [3.63, 3.8) is 0 Å². The molecule has 0 aromatic carbocycles. The number of anilines is 1. The molecule has 0 saturated carbocycles. The maximum absolute atomic E-state index is 11.8. The number of carbonyl (C=O) groups is 1. The Morgan fingerprint density at radius 1 is 1.23 bits per heavy atom. The van der Waals surface area contributed by atoms with Crippen LogP contribution in [-0.4, -0.2) is 52.2 Å². The van der Waals surface area contributed by atoms with E-state index >= 15 is 0 Å². The fourth-order valence-electron chi connectivity index (χ4n) is 3.21. The molecule has 2 aliphatic heterocycles. The maximum Gasteiger partial charge on any atom is 0.233 e. The van der Waals surface area contributed by atoms with Crippen molar-refractivity contribution in [3.8, 4) is 11.7 Å². The van der Waals surface area contributed by atoms with Crippen LogP contribution in [0.3, 0.4) is 0 Å². The first kappa shape index (κ1) is 16.4. The summed E-state index contributed by atoms with van der Waals surface area (Å²) in [5, 5.41) is 13.0. The molecular formula is C18H20N6O2. The summed E-state index contributed by atoms with van der Waals surface area (Å²) in [5.41, 5.74) is 0.929. The number of aliphatic imine (C=N–C) groups is 1. The topological polar surface area (TPSA) is 85.5 Å². The van der Waals surface area contributed by atoms with Gasteiger partial charge in [0, 0.05) is 31.3 Å². The SMILES string of the molecule is COc1ccc(-n2nc(N3CCCC(=O)C3)cc2C2CC=CC=N2)nn1. The van der Waals surface area contributed by atoms with E-state index in [4.69, 9.17) is 9.84 Å². The predicted octanol–water partition coefficient (Wildman–Crippen LogP) is 1.91. The van der Waals surface area contributed by atoms with Gasteiger partial charge in [0.2, 0.25) is 5.88 Å². The molecule has 0 N–H and O–H groups in total. The molecule has 1 atom stereocenters. The molecule has 0 radical (unpaired) electrons. The number of hydrogen-bond donors (Lipinski definition) is 0. The summed E-state index contributed by atoms with van der Waals surface area (Å²) < 4.78 is 6.85. The molecule has 2 aromatic rings. The van der Waals surface area contributed by atoms with E-state index in [0.717, 1.165) is 30.9 Å². The molecule has 26 heavy (non-hydrogen) atoms. The van der Waals surface area contributed by atoms with Crippen LogP contribution in [0.4, 0.5) is 5.82 Å². The van der Waals surface area contributed by atoms with Gasteiger partial charge in [-0.2, -0.15) is 0 Å². The summed E-state index contributed by atoms with van der Waals surface area (Å²) in [5.74, 6) is 2.06. The van der Waals surface area contributed by atoms with Gasteiger partial charge in [-0.05, 0) is 25.0 Å². The van der Waals surface area contributed by atoms with Gasteiger partial charge in [-0.3, -0.25) is 9.79 Å². The lowest BCUT2D eigenvalue weighted by Crippen LogP contribution is -2.35. The van der Waals surface area contributed by atoms with Crippen molar-refractivity contribution in [2.45, 2.75) is 25.3 Å². The number of ketones is 1. The smallest absolute Gasteiger partial charge is 0.233 e. The van der Waals surface area contributed by atoms with E-state index in [1.165, 1.54) is 0 Å². The van der Waals surface area contributed by atoms with Gasteiger partial charge in [0.1, 0.15) is 0 Å². The van der Waals surface area contributed by atoms with Crippen LogP contribution < -0.4 is 9.64 Å². The van der Waals surface area contributed by atoms with E-state index in [0.29, 0.717) is 24.7 Å². The highest BCUT2D eigenvalue weighted by molar-refractivity contribution is 5.84. The zero-order valence-electron chi connectivity index (χ0n) is 14.6. The number of aromatic nitrogens is 4. The molecule has 134 valence electrons. The number of nitrogens with zero attached hydrogens (tertiary/aromatic N) is 6. The first-order valence-corrected chi connectivity index (χ1v) is 8.67. The van der Waals surface area contributed by atoms with Gasteiger partial charge in [0.15, 0.2) is 17.4 Å². The van der Waals surface area contributed by atoms with Crippen LogP contribution in [0, 0.1) is 0 Å². The van der Waals surface area contributed by atoms with Gasteiger partial charge >= 0.3 is 0 Å². The number of ether oxygens (including phenoxy) is 1. The Morgan fingerprint density at radius 3 is 2.85 bits per heavy atom. The fraction of sp³-hybridized carbons (Fsp3) is 0.389. The Bertz CT molecular complexity index is 855. The second-order valence-corrected chi connectivity index (χ2v) is 6.31. The van der Waals surface area contributed by atoms with Crippen molar-refractivity contribution in [2.75, 3.05) is 25.1 Å². The van der Waals surface area contributed by atoms with Crippen LogP contribution in [0.1, 0.15) is 31.0 Å². The van der Waals surface area contributed by atoms with Gasteiger partial charge in [0.05, 0.1) is 25.4 Å². The van der Waals surface area contributed by atoms with Crippen molar-refractivity contribution >= 4 is 17.8 Å². The van der Waals surface area contributed by atoms with Gasteiger partial charge in [-0.15, -0.1) is 15.3 Å². The molecule has 0 amide bonds. The van der Waals surface area contributed by atoms with Gasteiger partial charge in [0.25, 0.3) is 0 Å². The van der Waals surface area contributed by atoms with E-state index < -0.39 is 0 Å². The number of hydrogen-bond acceptors (Lipinski definition) is 7. The number of allylic oxidation sites excluding steroid dienone is 1. The average molecular weight is 352 g/mol. The Kier molecular flexibility index (Phi) is 4.47. The van der Waals surface area contributed by atoms with Gasteiger partial charge < -0.3 is 9.64 Å². The molecule has 8 heteroatoms. The molecule has 4 rings (SSSR count). The summed E-state index contributed by atoms with van der Waals surface area (Å²) in [6.45, 7) is 1.23. The van der Waals surface area contributed by atoms with E-state index in [1.807, 2.05) is 23.1 Å². The fourth-order valence-corrected chi connectivity index (χ4v) is 3.21. The predicted molar refractivity (Wildman–Crippen MR) is 97.2 cm³/mol. The maximum atomic E-state index is 11.8. The molecule has 1 fully saturated rings. The van der Waals surface area contributed by atoms with E-state index in [9.17, 15) is 4.79 Å². The quantitative estimate of drug-likeness (QED) is 0.836. The van der Waals surface area contributed by atoms with Crippen LogP contribution >= 0.6 is 0 Å². The zero-order valence-corrected chi connectivity index (χ0v) is 14.6. The normalized spacial score (nSPS) is 19.8. The largest absolute Gasteiger partial charge is 0.480 e. The van der Waals surface area contributed by atoms with Crippen molar-refractivity contribution < 1.29 is 9.53 Å². The van der Waals surface area contributed by atoms with Crippen LogP contribution in [0.2, 0.25) is 0 Å². The lowest BCUT2D eigenvalue weighted by atomic mass is 10.1. The second-order valence-electron chi connectivity index (χ2n) is 6.31. The summed E-state index contributed by atoms with van der Waals surface area (Å²) in [6, 6.07) is 5.54. The number of rotatable bonds is 4. The third kappa shape index (κ3) is 3.22. The highest BCUT2D eigenvalue weighted by Gasteiger charge is 2.24. The highest BCUT2D eigenvalue weighted by Crippen LogP contribution is 2.30. The molecule has 2 aromatic heterocycles. The molecule has 4 heterocycles. The van der Waals surface area contributed by atoms with Crippen LogP contribution in [0.15, 0.2) is 35.3 Å². The van der Waals surface area contributed by atoms with Crippen molar-refractivity contribution in [2.24, 2.45) is 4.99 Å². The first-order valence-electron chi connectivity index (χ1n) is 8.67. The second kappa shape index (κ2) is 7.07. The summed E-state index contributed by atoms with van der Waals surface area (Å²) in [6.07, 6.45) is 8.12. The molecule has 1 unspecified atom stereocenters. The lowest BCUT2D eigenvalue weighted by molar-refractivity contribution is -0.118. The van der Waals surface area contributed by atoms with Crippen LogP contribution in [-0.2, 0) is 4.79 Å². The van der Waals surface area contributed by atoms with Crippen molar-refractivity contribution in [1.82, 2.24) is 20.0 Å². The molecule has 1 saturated heterocycles. The summed E-state index contributed by atoms with van der Waals surface area (Å²) in [7, 11) is 1.55. The number of carbonyl (C=O) groups excluding carboxylic acids is 1. The molecule has 0 bridgehead atoms. The van der Waals surface area contributed by atoms with Crippen LogP contribution in [0.25, 0.3) is 5.82 Å². The Morgan fingerprint density at radius 2 is 2.15 bits per heavy atom. The monoisotopic (exact) mass is 352 g/mol. The molecule has 0 spiro atoms. The highest BCUT2D eigenvalue weighted by atomic mass is 16.5. The lowest BCUT2D eigenvalue weighted by Gasteiger charge is -2.25. The Hall–Kier alpha value is -3.03.